The first-order valence-electron chi connectivity index (χ1n) is 5.87. The number of ether oxygens (including phenoxy) is 1. The Kier molecular flexibility index (Phi) is 4.92. The number of rotatable bonds is 4. The van der Waals surface area contributed by atoms with E-state index in [1.165, 1.54) is 0 Å². The van der Waals surface area contributed by atoms with Crippen molar-refractivity contribution in [3.05, 3.63) is 0 Å². The number of piperidine rings is 1. The number of aliphatic hydroxyl groups is 1. The molecule has 7 nitrogen and oxygen atoms in total. The topological polar surface area (TPSA) is 99.1 Å². The lowest BCUT2D eigenvalue weighted by Crippen LogP contribution is -2.53. The minimum absolute atomic E-state index is 0.297. The molecule has 0 aromatic heterocycles. The summed E-state index contributed by atoms with van der Waals surface area (Å²) in [5.41, 5.74) is -0.360. The molecule has 18 heavy (non-hydrogen) atoms. The predicted molar refractivity (Wildman–Crippen MR) is 63.3 cm³/mol. The number of nitrogens with zero attached hydrogens (tertiary/aromatic N) is 1. The average molecular weight is 260 g/mol. The van der Waals surface area contributed by atoms with Crippen LogP contribution in [0.5, 0.6) is 0 Å². The molecule has 2 amide bonds. The molecule has 0 aromatic carbocycles. The highest BCUT2D eigenvalue weighted by Gasteiger charge is 2.33. The maximum absolute atomic E-state index is 11.8. The van der Waals surface area contributed by atoms with Crippen LogP contribution in [0.4, 0.5) is 4.79 Å². The number of methoxy groups -OCH3 is 1. The zero-order valence-corrected chi connectivity index (χ0v) is 10.7. The fourth-order valence-corrected chi connectivity index (χ4v) is 1.93. The second-order valence-corrected chi connectivity index (χ2v) is 4.72. The minimum Gasteiger partial charge on any atom is -0.479 e. The normalized spacial score (nSPS) is 25.6. The van der Waals surface area contributed by atoms with Crippen molar-refractivity contribution in [2.75, 3.05) is 26.7 Å². The van der Waals surface area contributed by atoms with Gasteiger partial charge in [-0.05, 0) is 19.8 Å². The highest BCUT2D eigenvalue weighted by molar-refractivity contribution is 5.77. The fraction of sp³-hybridized carbons (Fsp3) is 0.818. The molecular formula is C11H20N2O5. The van der Waals surface area contributed by atoms with Crippen molar-refractivity contribution in [3.8, 4) is 0 Å². The molecule has 0 radical (unpaired) electrons. The predicted octanol–water partition coefficient (Wildman–Crippen LogP) is -0.358. The van der Waals surface area contributed by atoms with Gasteiger partial charge < -0.3 is 25.2 Å². The van der Waals surface area contributed by atoms with Crippen LogP contribution in [0.2, 0.25) is 0 Å². The van der Waals surface area contributed by atoms with Gasteiger partial charge in [0.2, 0.25) is 0 Å². The number of aliphatic hydroxyl groups excluding tert-OH is 1. The molecule has 1 heterocycles. The monoisotopic (exact) mass is 260 g/mol. The Hall–Kier alpha value is -1.34. The summed E-state index contributed by atoms with van der Waals surface area (Å²) in [5.74, 6) is -1.35. The lowest BCUT2D eigenvalue weighted by Gasteiger charge is -2.39. The van der Waals surface area contributed by atoms with Gasteiger partial charge in [-0.1, -0.05) is 0 Å². The lowest BCUT2D eigenvalue weighted by atomic mass is 9.95. The summed E-state index contributed by atoms with van der Waals surface area (Å²) in [4.78, 5) is 23.8. The first-order chi connectivity index (χ1) is 8.38. The molecule has 2 atom stereocenters. The van der Waals surface area contributed by atoms with E-state index in [1.54, 1.807) is 12.0 Å². The summed E-state index contributed by atoms with van der Waals surface area (Å²) >= 11 is 0. The van der Waals surface area contributed by atoms with Crippen molar-refractivity contribution in [2.45, 2.75) is 31.5 Å². The Morgan fingerprint density at radius 3 is 2.78 bits per heavy atom. The third-order valence-corrected chi connectivity index (χ3v) is 3.17. The highest BCUT2D eigenvalue weighted by atomic mass is 16.5. The minimum atomic E-state index is -1.58. The fourth-order valence-electron chi connectivity index (χ4n) is 1.93. The van der Waals surface area contributed by atoms with Gasteiger partial charge in [-0.15, -0.1) is 0 Å². The van der Waals surface area contributed by atoms with Crippen LogP contribution >= 0.6 is 0 Å². The van der Waals surface area contributed by atoms with Crippen molar-refractivity contribution in [2.24, 2.45) is 0 Å². The number of aliphatic carboxylic acids is 1. The van der Waals surface area contributed by atoms with Crippen molar-refractivity contribution in [1.82, 2.24) is 10.2 Å². The molecule has 2 unspecified atom stereocenters. The molecule has 1 aliphatic rings. The SMILES string of the molecule is COC1(C)CCCN(C(=O)NCC(O)C(=O)O)C1. The molecule has 1 saturated heterocycles. The molecule has 0 spiro atoms. The highest BCUT2D eigenvalue weighted by Crippen LogP contribution is 2.23. The largest absolute Gasteiger partial charge is 0.479 e. The van der Waals surface area contributed by atoms with E-state index in [0.29, 0.717) is 13.1 Å². The van der Waals surface area contributed by atoms with Crippen LogP contribution in [-0.2, 0) is 9.53 Å². The summed E-state index contributed by atoms with van der Waals surface area (Å²) in [7, 11) is 1.61. The van der Waals surface area contributed by atoms with Crippen molar-refractivity contribution in [1.29, 1.82) is 0 Å². The van der Waals surface area contributed by atoms with Gasteiger partial charge in [0, 0.05) is 13.7 Å². The number of hydrogen-bond acceptors (Lipinski definition) is 4. The molecule has 3 N–H and O–H groups in total. The molecule has 104 valence electrons. The molecular weight excluding hydrogens is 240 g/mol. The zero-order chi connectivity index (χ0) is 13.8. The molecule has 1 aliphatic heterocycles. The number of urea groups is 1. The second-order valence-electron chi connectivity index (χ2n) is 4.72. The molecule has 1 rings (SSSR count). The summed E-state index contributed by atoms with van der Waals surface area (Å²) in [6, 6.07) is -0.377. The quantitative estimate of drug-likeness (QED) is 0.641. The smallest absolute Gasteiger partial charge is 0.334 e. The number of amides is 2. The van der Waals surface area contributed by atoms with Gasteiger partial charge in [0.05, 0.1) is 18.7 Å². The summed E-state index contributed by atoms with van der Waals surface area (Å²) in [5, 5.41) is 20.0. The number of likely N-dealkylation sites (tertiary alicyclic amines) is 1. The molecule has 1 fully saturated rings. The Balaban J connectivity index is 2.44. The first kappa shape index (κ1) is 14.7. The number of nitrogens with one attached hydrogen (secondary N) is 1. The van der Waals surface area contributed by atoms with Crippen LogP contribution in [0.1, 0.15) is 19.8 Å². The molecule has 0 bridgehead atoms. The number of carboxylic acid groups (broad SMARTS) is 1. The van der Waals surface area contributed by atoms with E-state index in [0.717, 1.165) is 12.8 Å². The van der Waals surface area contributed by atoms with Crippen LogP contribution < -0.4 is 5.32 Å². The maximum atomic E-state index is 11.8. The molecule has 7 heteroatoms. The summed E-state index contributed by atoms with van der Waals surface area (Å²) in [6.07, 6.45) is 0.136. The number of carbonyl (C=O) groups excluding carboxylic acids is 1. The van der Waals surface area contributed by atoms with Gasteiger partial charge >= 0.3 is 12.0 Å². The lowest BCUT2D eigenvalue weighted by molar-refractivity contribution is -0.146. The molecule has 0 aliphatic carbocycles. The van der Waals surface area contributed by atoms with Gasteiger partial charge in [0.1, 0.15) is 0 Å². The van der Waals surface area contributed by atoms with Crippen LogP contribution in [0.15, 0.2) is 0 Å². The third-order valence-electron chi connectivity index (χ3n) is 3.17. The Labute approximate surface area is 106 Å². The van der Waals surface area contributed by atoms with E-state index in [9.17, 15) is 9.59 Å². The van der Waals surface area contributed by atoms with Crippen molar-refractivity contribution in [3.63, 3.8) is 0 Å². The Morgan fingerprint density at radius 2 is 2.22 bits per heavy atom. The van der Waals surface area contributed by atoms with Crippen molar-refractivity contribution < 1.29 is 24.5 Å². The van der Waals surface area contributed by atoms with Gasteiger partial charge in [0.15, 0.2) is 6.10 Å². The molecule has 0 aromatic rings. The first-order valence-corrected chi connectivity index (χ1v) is 5.87. The second kappa shape index (κ2) is 6.01. The standard InChI is InChI=1S/C11H20N2O5/c1-11(18-2)4-3-5-13(7-11)10(17)12-6-8(14)9(15)16/h8,14H,3-7H2,1-2H3,(H,12,17)(H,15,16). The van der Waals surface area contributed by atoms with Crippen LogP contribution in [0, 0.1) is 0 Å². The number of carbonyl (C=O) groups is 2. The van der Waals surface area contributed by atoms with Gasteiger partial charge in [0.25, 0.3) is 0 Å². The van der Waals surface area contributed by atoms with E-state index in [-0.39, 0.29) is 18.2 Å². The van der Waals surface area contributed by atoms with Crippen molar-refractivity contribution >= 4 is 12.0 Å². The van der Waals surface area contributed by atoms with Crippen LogP contribution in [0.3, 0.4) is 0 Å². The summed E-state index contributed by atoms with van der Waals surface area (Å²) < 4.78 is 5.36. The van der Waals surface area contributed by atoms with Crippen LogP contribution in [0.25, 0.3) is 0 Å². The average Bonchev–Trinajstić information content (AvgIpc) is 2.35. The Morgan fingerprint density at radius 1 is 1.56 bits per heavy atom. The van der Waals surface area contributed by atoms with E-state index in [1.807, 2.05) is 6.92 Å². The number of carboxylic acids is 1. The molecule has 0 saturated carbocycles. The van der Waals surface area contributed by atoms with E-state index < -0.39 is 12.1 Å². The Bertz CT molecular complexity index is 323. The van der Waals surface area contributed by atoms with E-state index in [2.05, 4.69) is 5.32 Å². The maximum Gasteiger partial charge on any atom is 0.334 e. The summed E-state index contributed by atoms with van der Waals surface area (Å²) in [6.45, 7) is 2.69. The van der Waals surface area contributed by atoms with E-state index in [4.69, 9.17) is 14.9 Å². The van der Waals surface area contributed by atoms with Crippen LogP contribution in [-0.4, -0.2) is 65.6 Å². The zero-order valence-electron chi connectivity index (χ0n) is 10.7. The van der Waals surface area contributed by atoms with E-state index >= 15 is 0 Å². The number of hydrogen-bond donors (Lipinski definition) is 3. The van der Waals surface area contributed by atoms with Gasteiger partial charge in [-0.25, -0.2) is 9.59 Å². The van der Waals surface area contributed by atoms with Gasteiger partial charge in [-0.3, -0.25) is 0 Å². The third kappa shape index (κ3) is 3.85. The van der Waals surface area contributed by atoms with Gasteiger partial charge in [-0.2, -0.15) is 0 Å².